The normalized spacial score (nSPS) is 14.7. The van der Waals surface area contributed by atoms with Crippen molar-refractivity contribution in [3.8, 4) is 5.75 Å². The van der Waals surface area contributed by atoms with E-state index < -0.39 is 0 Å². The number of methoxy groups -OCH3 is 1. The predicted molar refractivity (Wildman–Crippen MR) is 108 cm³/mol. The molecule has 0 unspecified atom stereocenters. The summed E-state index contributed by atoms with van der Waals surface area (Å²) in [6.45, 7) is 6.21. The largest absolute Gasteiger partial charge is 0.497 e. The number of aromatic nitrogens is 2. The van der Waals surface area contributed by atoms with E-state index in [9.17, 15) is 4.79 Å². The Bertz CT molecular complexity index is 1010. The summed E-state index contributed by atoms with van der Waals surface area (Å²) >= 11 is 0. The molecule has 1 aromatic carbocycles. The van der Waals surface area contributed by atoms with Crippen LogP contribution in [0.25, 0.3) is 10.9 Å². The summed E-state index contributed by atoms with van der Waals surface area (Å²) in [6, 6.07) is 6.47. The van der Waals surface area contributed by atoms with Crippen LogP contribution in [0.2, 0.25) is 0 Å². The number of ether oxygens (including phenoxy) is 1. The smallest absolute Gasteiger partial charge is 0.254 e. The first-order valence-corrected chi connectivity index (χ1v) is 9.89. The van der Waals surface area contributed by atoms with Crippen LogP contribution in [0.4, 0.5) is 0 Å². The Morgan fingerprint density at radius 2 is 2.04 bits per heavy atom. The molecule has 0 atom stereocenters. The van der Waals surface area contributed by atoms with Crippen molar-refractivity contribution < 1.29 is 14.1 Å². The molecule has 2 aromatic heterocycles. The molecule has 148 valence electrons. The first-order valence-electron chi connectivity index (χ1n) is 9.89. The van der Waals surface area contributed by atoms with E-state index in [2.05, 4.69) is 28.0 Å². The minimum atomic E-state index is -0.0764. The van der Waals surface area contributed by atoms with Crippen molar-refractivity contribution in [1.29, 1.82) is 0 Å². The number of benzene rings is 1. The molecule has 6 nitrogen and oxygen atoms in total. The predicted octanol–water partition coefficient (Wildman–Crippen LogP) is 4.61. The monoisotopic (exact) mass is 381 g/mol. The zero-order valence-electron chi connectivity index (χ0n) is 17.0. The minimum Gasteiger partial charge on any atom is -0.497 e. The number of hydrogen-bond donors (Lipinski definition) is 1. The number of aryl methyl sites for hydroxylation is 2. The van der Waals surface area contributed by atoms with Gasteiger partial charge in [0, 0.05) is 34.7 Å². The van der Waals surface area contributed by atoms with E-state index >= 15 is 0 Å². The van der Waals surface area contributed by atoms with Gasteiger partial charge in [-0.3, -0.25) is 4.79 Å². The van der Waals surface area contributed by atoms with E-state index in [-0.39, 0.29) is 5.91 Å². The zero-order valence-corrected chi connectivity index (χ0v) is 17.0. The molecule has 0 spiro atoms. The lowest BCUT2D eigenvalue weighted by Crippen LogP contribution is -2.24. The lowest BCUT2D eigenvalue weighted by Gasteiger charge is -2.16. The molecular weight excluding hydrogens is 354 g/mol. The SMILES string of the molecule is COc1ccc2c(c1)c(C(=O)NCc1c(C)noc1C)c(C)n2C1CCCC1. The highest BCUT2D eigenvalue weighted by Crippen LogP contribution is 2.38. The Balaban J connectivity index is 1.74. The Hall–Kier alpha value is -2.76. The Morgan fingerprint density at radius 3 is 2.68 bits per heavy atom. The number of nitrogens with zero attached hydrogens (tertiary/aromatic N) is 2. The van der Waals surface area contributed by atoms with Gasteiger partial charge in [-0.15, -0.1) is 0 Å². The standard InChI is InChI=1S/C22H27N3O3/c1-13-19(15(3)28-24-13)12-23-22(26)21-14(2)25(16-7-5-6-8-16)20-10-9-17(27-4)11-18(20)21/h9-11,16H,5-8,12H2,1-4H3,(H,23,26). The second-order valence-electron chi connectivity index (χ2n) is 7.64. The zero-order chi connectivity index (χ0) is 19.8. The van der Waals surface area contributed by atoms with Crippen molar-refractivity contribution >= 4 is 16.8 Å². The van der Waals surface area contributed by atoms with Gasteiger partial charge in [-0.1, -0.05) is 18.0 Å². The topological polar surface area (TPSA) is 69.3 Å². The van der Waals surface area contributed by atoms with E-state index in [1.807, 2.05) is 26.0 Å². The van der Waals surface area contributed by atoms with Gasteiger partial charge in [0.1, 0.15) is 11.5 Å². The van der Waals surface area contributed by atoms with Gasteiger partial charge in [-0.2, -0.15) is 0 Å². The molecule has 1 N–H and O–H groups in total. The van der Waals surface area contributed by atoms with Crippen LogP contribution in [-0.2, 0) is 6.54 Å². The van der Waals surface area contributed by atoms with Crippen LogP contribution >= 0.6 is 0 Å². The third-order valence-corrected chi connectivity index (χ3v) is 5.98. The summed E-state index contributed by atoms with van der Waals surface area (Å²) in [6.07, 6.45) is 4.81. The molecular formula is C22H27N3O3. The number of hydrogen-bond acceptors (Lipinski definition) is 4. The average molecular weight is 381 g/mol. The summed E-state index contributed by atoms with van der Waals surface area (Å²) in [7, 11) is 1.65. The minimum absolute atomic E-state index is 0.0764. The Morgan fingerprint density at radius 1 is 1.29 bits per heavy atom. The highest BCUT2D eigenvalue weighted by molar-refractivity contribution is 6.08. The lowest BCUT2D eigenvalue weighted by molar-refractivity contribution is 0.0951. The van der Waals surface area contributed by atoms with Crippen LogP contribution < -0.4 is 10.1 Å². The van der Waals surface area contributed by atoms with Gasteiger partial charge in [0.05, 0.1) is 18.4 Å². The van der Waals surface area contributed by atoms with Crippen LogP contribution in [-0.4, -0.2) is 22.7 Å². The second kappa shape index (κ2) is 7.34. The molecule has 0 bridgehead atoms. The maximum absolute atomic E-state index is 13.2. The number of rotatable bonds is 5. The van der Waals surface area contributed by atoms with E-state index in [0.29, 0.717) is 12.6 Å². The highest BCUT2D eigenvalue weighted by Gasteiger charge is 2.26. The number of carbonyl (C=O) groups excluding carboxylic acids is 1. The van der Waals surface area contributed by atoms with Gasteiger partial charge < -0.3 is 19.1 Å². The first-order chi connectivity index (χ1) is 13.5. The van der Waals surface area contributed by atoms with Crippen LogP contribution in [0.1, 0.15) is 64.8 Å². The first kappa shape index (κ1) is 18.6. The summed E-state index contributed by atoms with van der Waals surface area (Å²) in [4.78, 5) is 13.2. The van der Waals surface area contributed by atoms with Gasteiger partial charge in [-0.05, 0) is 51.8 Å². The molecule has 2 heterocycles. The Kier molecular flexibility index (Phi) is 4.87. The molecule has 6 heteroatoms. The summed E-state index contributed by atoms with van der Waals surface area (Å²) in [5, 5.41) is 7.98. The van der Waals surface area contributed by atoms with Crippen molar-refractivity contribution in [3.63, 3.8) is 0 Å². The quantitative estimate of drug-likeness (QED) is 0.701. The maximum atomic E-state index is 13.2. The lowest BCUT2D eigenvalue weighted by atomic mass is 10.1. The third-order valence-electron chi connectivity index (χ3n) is 5.98. The molecule has 0 aliphatic heterocycles. The molecule has 1 saturated carbocycles. The fourth-order valence-corrected chi connectivity index (χ4v) is 4.48. The van der Waals surface area contributed by atoms with Crippen LogP contribution in [0, 0.1) is 20.8 Å². The highest BCUT2D eigenvalue weighted by atomic mass is 16.5. The van der Waals surface area contributed by atoms with E-state index in [0.717, 1.165) is 57.8 Å². The second-order valence-corrected chi connectivity index (χ2v) is 7.64. The van der Waals surface area contributed by atoms with Gasteiger partial charge in [0.2, 0.25) is 0 Å². The molecule has 1 amide bonds. The molecule has 1 aliphatic rings. The summed E-state index contributed by atoms with van der Waals surface area (Å²) in [5.74, 6) is 1.42. The van der Waals surface area contributed by atoms with Gasteiger partial charge >= 0.3 is 0 Å². The van der Waals surface area contributed by atoms with Crippen molar-refractivity contribution in [1.82, 2.24) is 15.0 Å². The summed E-state index contributed by atoms with van der Waals surface area (Å²) < 4.78 is 13.0. The van der Waals surface area contributed by atoms with Gasteiger partial charge in [-0.25, -0.2) is 0 Å². The molecule has 28 heavy (non-hydrogen) atoms. The average Bonchev–Trinajstić information content (AvgIpc) is 3.38. The molecule has 4 rings (SSSR count). The summed E-state index contributed by atoms with van der Waals surface area (Å²) in [5.41, 5.74) is 4.60. The fourth-order valence-electron chi connectivity index (χ4n) is 4.48. The van der Waals surface area contributed by atoms with E-state index in [4.69, 9.17) is 9.26 Å². The van der Waals surface area contributed by atoms with Crippen molar-refractivity contribution in [2.45, 2.75) is 59.0 Å². The van der Waals surface area contributed by atoms with Crippen molar-refractivity contribution in [2.24, 2.45) is 0 Å². The van der Waals surface area contributed by atoms with Crippen molar-refractivity contribution in [2.75, 3.05) is 7.11 Å². The molecule has 1 aliphatic carbocycles. The molecule has 3 aromatic rings. The van der Waals surface area contributed by atoms with E-state index in [1.54, 1.807) is 7.11 Å². The van der Waals surface area contributed by atoms with Gasteiger partial charge in [0.25, 0.3) is 5.91 Å². The molecule has 0 radical (unpaired) electrons. The van der Waals surface area contributed by atoms with E-state index in [1.165, 1.54) is 12.8 Å². The maximum Gasteiger partial charge on any atom is 0.254 e. The van der Waals surface area contributed by atoms with Crippen LogP contribution in [0.5, 0.6) is 5.75 Å². The van der Waals surface area contributed by atoms with Crippen LogP contribution in [0.15, 0.2) is 22.7 Å². The number of nitrogens with one attached hydrogen (secondary N) is 1. The van der Waals surface area contributed by atoms with Crippen molar-refractivity contribution in [3.05, 3.63) is 46.5 Å². The van der Waals surface area contributed by atoms with Gasteiger partial charge in [0.15, 0.2) is 0 Å². The number of carbonyl (C=O) groups is 1. The fraction of sp³-hybridized carbons (Fsp3) is 0.455. The number of fused-ring (bicyclic) bond motifs is 1. The van der Waals surface area contributed by atoms with Crippen LogP contribution in [0.3, 0.4) is 0 Å². The molecule has 1 fully saturated rings. The third kappa shape index (κ3) is 3.07. The Labute approximate surface area is 164 Å². The number of amides is 1. The molecule has 0 saturated heterocycles.